The number of aromatic carboxylic acids is 1. The van der Waals surface area contributed by atoms with Gasteiger partial charge >= 0.3 is 5.97 Å². The van der Waals surface area contributed by atoms with E-state index >= 15 is 0 Å². The van der Waals surface area contributed by atoms with Gasteiger partial charge in [0.15, 0.2) is 5.69 Å². The van der Waals surface area contributed by atoms with Crippen LogP contribution in [0.25, 0.3) is 10.8 Å². The lowest BCUT2D eigenvalue weighted by molar-refractivity contribution is 0.0693. The molecule has 82 valence electrons. The van der Waals surface area contributed by atoms with Gasteiger partial charge < -0.3 is 9.84 Å². The van der Waals surface area contributed by atoms with Crippen LogP contribution in [0, 0.1) is 0 Å². The van der Waals surface area contributed by atoms with Crippen molar-refractivity contribution < 1.29 is 14.6 Å². The molecule has 1 heterocycles. The van der Waals surface area contributed by atoms with Gasteiger partial charge in [-0.25, -0.2) is 9.78 Å². The van der Waals surface area contributed by atoms with Gasteiger partial charge in [-0.05, 0) is 12.1 Å². The zero-order chi connectivity index (χ0) is 11.7. The van der Waals surface area contributed by atoms with Crippen molar-refractivity contribution in [3.05, 3.63) is 35.1 Å². The predicted octanol–water partition coefficient (Wildman–Crippen LogP) is 2.60. The number of benzene rings is 1. The van der Waals surface area contributed by atoms with Crippen LogP contribution in [0.3, 0.4) is 0 Å². The third kappa shape index (κ3) is 1.67. The Morgan fingerprint density at radius 3 is 2.81 bits per heavy atom. The molecule has 0 radical (unpaired) electrons. The zero-order valence-electron chi connectivity index (χ0n) is 8.40. The van der Waals surface area contributed by atoms with E-state index in [2.05, 4.69) is 4.98 Å². The largest absolute Gasteiger partial charge is 0.496 e. The monoisotopic (exact) mass is 237 g/mol. The lowest BCUT2D eigenvalue weighted by Gasteiger charge is -2.07. The summed E-state index contributed by atoms with van der Waals surface area (Å²) in [5, 5.41) is 10.3. The van der Waals surface area contributed by atoms with E-state index in [1.54, 1.807) is 24.3 Å². The van der Waals surface area contributed by atoms with E-state index in [1.165, 1.54) is 7.11 Å². The average Bonchev–Trinajstić information content (AvgIpc) is 2.27. The number of fused-ring (bicyclic) bond motifs is 1. The number of pyridine rings is 1. The quantitative estimate of drug-likeness (QED) is 0.816. The van der Waals surface area contributed by atoms with Crippen molar-refractivity contribution in [1.29, 1.82) is 0 Å². The molecule has 0 fully saturated rings. The summed E-state index contributed by atoms with van der Waals surface area (Å²) in [4.78, 5) is 14.8. The number of rotatable bonds is 2. The Morgan fingerprint density at radius 1 is 1.44 bits per heavy atom. The van der Waals surface area contributed by atoms with Crippen LogP contribution < -0.4 is 4.74 Å². The Balaban J connectivity index is 2.88. The standard InChI is InChI=1S/C11H8ClNO3/c1-16-8-4-2-3-6-7(8)5-9(12)13-10(6)11(14)15/h2-5H,1H3,(H,14,15). The Bertz CT molecular complexity index is 568. The van der Waals surface area contributed by atoms with Crippen molar-refractivity contribution in [2.45, 2.75) is 0 Å². The maximum Gasteiger partial charge on any atom is 0.355 e. The molecule has 5 heteroatoms. The molecule has 16 heavy (non-hydrogen) atoms. The molecule has 2 rings (SSSR count). The number of carboxylic acid groups (broad SMARTS) is 1. The number of methoxy groups -OCH3 is 1. The summed E-state index contributed by atoms with van der Waals surface area (Å²) < 4.78 is 5.14. The third-order valence-electron chi connectivity index (χ3n) is 2.23. The molecular formula is C11H8ClNO3. The first-order valence-corrected chi connectivity index (χ1v) is 4.88. The fourth-order valence-corrected chi connectivity index (χ4v) is 1.75. The Labute approximate surface area is 96.4 Å². The van der Waals surface area contributed by atoms with Crippen LogP contribution in [0.1, 0.15) is 10.5 Å². The van der Waals surface area contributed by atoms with Gasteiger partial charge in [0.2, 0.25) is 0 Å². The maximum atomic E-state index is 11.0. The second kappa shape index (κ2) is 3.98. The summed E-state index contributed by atoms with van der Waals surface area (Å²) in [5.74, 6) is -0.537. The Hall–Kier alpha value is -1.81. The minimum atomic E-state index is -1.11. The van der Waals surface area contributed by atoms with Crippen molar-refractivity contribution in [2.24, 2.45) is 0 Å². The normalized spacial score (nSPS) is 10.4. The number of aromatic nitrogens is 1. The molecule has 1 N–H and O–H groups in total. The Kier molecular flexibility index (Phi) is 2.66. The van der Waals surface area contributed by atoms with Crippen LogP contribution in [-0.2, 0) is 0 Å². The highest BCUT2D eigenvalue weighted by molar-refractivity contribution is 6.30. The van der Waals surface area contributed by atoms with Crippen LogP contribution in [0.4, 0.5) is 0 Å². The molecule has 0 saturated heterocycles. The molecule has 0 bridgehead atoms. The first-order valence-electron chi connectivity index (χ1n) is 4.50. The summed E-state index contributed by atoms with van der Waals surface area (Å²) >= 11 is 5.77. The highest BCUT2D eigenvalue weighted by Gasteiger charge is 2.13. The van der Waals surface area contributed by atoms with E-state index in [0.717, 1.165) is 0 Å². The highest BCUT2D eigenvalue weighted by Crippen LogP contribution is 2.29. The molecule has 0 atom stereocenters. The number of carbonyl (C=O) groups is 1. The van der Waals surface area contributed by atoms with Gasteiger partial charge in [0.25, 0.3) is 0 Å². The first-order chi connectivity index (χ1) is 7.63. The number of ether oxygens (including phenoxy) is 1. The van der Waals surface area contributed by atoms with E-state index in [0.29, 0.717) is 16.5 Å². The molecule has 1 aromatic heterocycles. The van der Waals surface area contributed by atoms with Crippen molar-refractivity contribution in [3.8, 4) is 5.75 Å². The molecule has 4 nitrogen and oxygen atoms in total. The third-order valence-corrected chi connectivity index (χ3v) is 2.42. The summed E-state index contributed by atoms with van der Waals surface area (Å²) in [6, 6.07) is 6.71. The highest BCUT2D eigenvalue weighted by atomic mass is 35.5. The number of carboxylic acids is 1. The van der Waals surface area contributed by atoms with Crippen LogP contribution in [0.15, 0.2) is 24.3 Å². The number of nitrogens with zero attached hydrogens (tertiary/aromatic N) is 1. The van der Waals surface area contributed by atoms with Crippen molar-refractivity contribution >= 4 is 28.3 Å². The van der Waals surface area contributed by atoms with Gasteiger partial charge in [-0.3, -0.25) is 0 Å². The molecular weight excluding hydrogens is 230 g/mol. The minimum absolute atomic E-state index is 0.0681. The van der Waals surface area contributed by atoms with Crippen molar-refractivity contribution in [1.82, 2.24) is 4.98 Å². The number of hydrogen-bond donors (Lipinski definition) is 1. The second-order valence-corrected chi connectivity index (χ2v) is 3.54. The summed E-state index contributed by atoms with van der Waals surface area (Å²) in [7, 11) is 1.52. The molecule has 2 aromatic rings. The SMILES string of the molecule is COc1cccc2c(C(=O)O)nc(Cl)cc12. The van der Waals surface area contributed by atoms with Crippen LogP contribution in [0.2, 0.25) is 5.15 Å². The molecule has 1 aromatic carbocycles. The van der Waals surface area contributed by atoms with Gasteiger partial charge in [-0.2, -0.15) is 0 Å². The predicted molar refractivity (Wildman–Crippen MR) is 60.3 cm³/mol. The average molecular weight is 238 g/mol. The fourth-order valence-electron chi connectivity index (χ4n) is 1.56. The number of halogens is 1. The van der Waals surface area contributed by atoms with Gasteiger partial charge in [-0.15, -0.1) is 0 Å². The second-order valence-electron chi connectivity index (χ2n) is 3.15. The molecule has 0 aliphatic rings. The molecule has 0 amide bonds. The van der Waals surface area contributed by atoms with Crippen molar-refractivity contribution in [3.63, 3.8) is 0 Å². The van der Waals surface area contributed by atoms with E-state index in [1.807, 2.05) is 0 Å². The van der Waals surface area contributed by atoms with Crippen LogP contribution >= 0.6 is 11.6 Å². The first kappa shape index (κ1) is 10.7. The summed E-state index contributed by atoms with van der Waals surface area (Å²) in [5.41, 5.74) is -0.0681. The Morgan fingerprint density at radius 2 is 2.19 bits per heavy atom. The van der Waals surface area contributed by atoms with E-state index in [4.69, 9.17) is 21.4 Å². The molecule has 0 saturated carbocycles. The van der Waals surface area contributed by atoms with Gasteiger partial charge in [0.05, 0.1) is 7.11 Å². The molecule has 0 aliphatic heterocycles. The lowest BCUT2D eigenvalue weighted by Crippen LogP contribution is -2.02. The zero-order valence-corrected chi connectivity index (χ0v) is 9.15. The van der Waals surface area contributed by atoms with Crippen LogP contribution in [-0.4, -0.2) is 23.2 Å². The summed E-state index contributed by atoms with van der Waals surface area (Å²) in [6.07, 6.45) is 0. The molecule has 0 aliphatic carbocycles. The van der Waals surface area contributed by atoms with Crippen molar-refractivity contribution in [2.75, 3.05) is 7.11 Å². The maximum absolute atomic E-state index is 11.0. The smallest absolute Gasteiger partial charge is 0.355 e. The molecule has 0 spiro atoms. The fraction of sp³-hybridized carbons (Fsp3) is 0.0909. The lowest BCUT2D eigenvalue weighted by atomic mass is 10.1. The minimum Gasteiger partial charge on any atom is -0.496 e. The van der Waals surface area contributed by atoms with E-state index in [-0.39, 0.29) is 10.8 Å². The van der Waals surface area contributed by atoms with Gasteiger partial charge in [0, 0.05) is 10.8 Å². The topological polar surface area (TPSA) is 59.4 Å². The molecule has 0 unspecified atom stereocenters. The van der Waals surface area contributed by atoms with Gasteiger partial charge in [-0.1, -0.05) is 23.7 Å². The van der Waals surface area contributed by atoms with Crippen LogP contribution in [0.5, 0.6) is 5.75 Å². The number of hydrogen-bond acceptors (Lipinski definition) is 3. The summed E-state index contributed by atoms with van der Waals surface area (Å²) in [6.45, 7) is 0. The van der Waals surface area contributed by atoms with E-state index in [9.17, 15) is 4.79 Å². The van der Waals surface area contributed by atoms with Gasteiger partial charge in [0.1, 0.15) is 10.9 Å². The van der Waals surface area contributed by atoms with E-state index < -0.39 is 5.97 Å².